The van der Waals surface area contributed by atoms with E-state index in [-0.39, 0.29) is 12.1 Å². The molecular weight excluding hydrogens is 550 g/mol. The fourth-order valence-electron chi connectivity index (χ4n) is 5.21. The van der Waals surface area contributed by atoms with E-state index in [1.807, 2.05) is 49.3 Å². The molecule has 42 heavy (non-hydrogen) atoms. The largest absolute Gasteiger partial charge is 0.480 e. The average Bonchev–Trinajstić information content (AvgIpc) is 3.02. The lowest BCUT2D eigenvalue weighted by Crippen LogP contribution is -2.42. The molecule has 9 heteroatoms. The first-order valence-corrected chi connectivity index (χ1v) is 14.4. The van der Waals surface area contributed by atoms with E-state index in [1.54, 1.807) is 30.3 Å². The molecule has 0 radical (unpaired) electrons. The first-order chi connectivity index (χ1) is 20.3. The van der Waals surface area contributed by atoms with Crippen molar-refractivity contribution >= 4 is 35.0 Å². The number of hydrogen-bond donors (Lipinski definition) is 2. The number of aromatic nitrogens is 2. The zero-order chi connectivity index (χ0) is 29.6. The average molecular weight is 584 g/mol. The van der Waals surface area contributed by atoms with Crippen LogP contribution in [-0.2, 0) is 11.2 Å². The van der Waals surface area contributed by atoms with Gasteiger partial charge in [0.25, 0.3) is 5.91 Å². The van der Waals surface area contributed by atoms with Crippen molar-refractivity contribution in [1.29, 1.82) is 0 Å². The van der Waals surface area contributed by atoms with E-state index in [0.717, 1.165) is 42.7 Å². The Bertz CT molecular complexity index is 1520. The summed E-state index contributed by atoms with van der Waals surface area (Å²) < 4.78 is 0. The molecule has 0 unspecified atom stereocenters. The van der Waals surface area contributed by atoms with E-state index < -0.39 is 17.9 Å². The lowest BCUT2D eigenvalue weighted by molar-refractivity contribution is -0.139. The van der Waals surface area contributed by atoms with Gasteiger partial charge in [-0.25, -0.2) is 14.8 Å². The molecule has 0 spiro atoms. The second-order valence-electron chi connectivity index (χ2n) is 10.7. The number of rotatable bonds is 9. The molecular formula is C33H34ClN5O3. The van der Waals surface area contributed by atoms with Crippen LogP contribution in [0, 0.1) is 0 Å². The van der Waals surface area contributed by atoms with Crippen LogP contribution >= 0.6 is 11.6 Å². The minimum Gasteiger partial charge on any atom is -0.480 e. The van der Waals surface area contributed by atoms with E-state index in [2.05, 4.69) is 39.5 Å². The van der Waals surface area contributed by atoms with Gasteiger partial charge in [0.05, 0.1) is 0 Å². The number of carbonyl (C=O) groups excluding carboxylic acids is 1. The van der Waals surface area contributed by atoms with Crippen LogP contribution in [0.5, 0.6) is 0 Å². The Kier molecular flexibility index (Phi) is 9.03. The van der Waals surface area contributed by atoms with Gasteiger partial charge in [0.1, 0.15) is 17.6 Å². The molecule has 1 atom stereocenters. The number of carboxylic acid groups (broad SMARTS) is 1. The molecule has 1 fully saturated rings. The molecule has 2 N–H and O–H groups in total. The van der Waals surface area contributed by atoms with Gasteiger partial charge < -0.3 is 20.2 Å². The summed E-state index contributed by atoms with van der Waals surface area (Å²) in [6, 6.07) is 25.8. The summed E-state index contributed by atoms with van der Waals surface area (Å²) in [5.74, 6) is -0.162. The minimum absolute atomic E-state index is 0.113. The predicted molar refractivity (Wildman–Crippen MR) is 166 cm³/mol. The molecule has 2 heterocycles. The summed E-state index contributed by atoms with van der Waals surface area (Å²) in [7, 11) is 3.94. The molecule has 3 aromatic carbocycles. The van der Waals surface area contributed by atoms with E-state index in [1.165, 1.54) is 5.56 Å². The van der Waals surface area contributed by atoms with Crippen molar-refractivity contribution in [3.63, 3.8) is 0 Å². The molecule has 8 nitrogen and oxygen atoms in total. The normalized spacial score (nSPS) is 14.3. The second kappa shape index (κ2) is 13.0. The van der Waals surface area contributed by atoms with Crippen molar-refractivity contribution in [1.82, 2.24) is 15.3 Å². The Morgan fingerprint density at radius 2 is 1.64 bits per heavy atom. The van der Waals surface area contributed by atoms with Crippen LogP contribution in [-0.4, -0.2) is 60.2 Å². The number of benzene rings is 3. The molecule has 4 aromatic rings. The van der Waals surface area contributed by atoms with Crippen LogP contribution in [0.1, 0.15) is 40.4 Å². The third kappa shape index (κ3) is 7.06. The zero-order valence-corrected chi connectivity index (χ0v) is 24.5. The number of piperidine rings is 1. The van der Waals surface area contributed by atoms with Crippen LogP contribution in [0.3, 0.4) is 0 Å². The van der Waals surface area contributed by atoms with E-state index >= 15 is 0 Å². The Balaban J connectivity index is 1.41. The van der Waals surface area contributed by atoms with Crippen LogP contribution in [0.4, 0.5) is 11.5 Å². The van der Waals surface area contributed by atoms with Crippen molar-refractivity contribution in [3.8, 4) is 11.4 Å². The standard InChI is InChI=1S/C33H34ClN5O3/c1-38(2)27-14-10-25(11-15-27)31-35-28(32(40)36-29(33(41)42)20-22-8-12-26(34)13-9-22)21-30(37-31)39-18-16-24(17-19-39)23-6-4-3-5-7-23/h3-15,21,24,29H,16-20H2,1-2H3,(H,36,40)(H,41,42)/t29-/m1/s1. The number of halogens is 1. The van der Waals surface area contributed by atoms with Crippen LogP contribution in [0.25, 0.3) is 11.4 Å². The molecule has 1 aromatic heterocycles. The fraction of sp³-hybridized carbons (Fsp3) is 0.273. The first-order valence-electron chi connectivity index (χ1n) is 14.0. The zero-order valence-electron chi connectivity index (χ0n) is 23.7. The topological polar surface area (TPSA) is 98.7 Å². The number of carbonyl (C=O) groups is 2. The van der Waals surface area contributed by atoms with Crippen LogP contribution in [0.2, 0.25) is 5.02 Å². The van der Waals surface area contributed by atoms with Crippen molar-refractivity contribution in [3.05, 3.63) is 107 Å². The highest BCUT2D eigenvalue weighted by Gasteiger charge is 2.26. The lowest BCUT2D eigenvalue weighted by atomic mass is 9.89. The third-order valence-corrected chi connectivity index (χ3v) is 7.89. The van der Waals surface area contributed by atoms with Gasteiger partial charge >= 0.3 is 5.97 Å². The summed E-state index contributed by atoms with van der Waals surface area (Å²) in [5.41, 5.74) is 4.01. The molecule has 0 saturated carbocycles. The Morgan fingerprint density at radius 3 is 2.26 bits per heavy atom. The molecule has 216 valence electrons. The molecule has 0 aliphatic carbocycles. The van der Waals surface area contributed by atoms with Gasteiger partial charge in [-0.3, -0.25) is 4.79 Å². The molecule has 1 aliphatic heterocycles. The summed E-state index contributed by atoms with van der Waals surface area (Å²) >= 11 is 5.98. The van der Waals surface area contributed by atoms with Gasteiger partial charge in [-0.15, -0.1) is 0 Å². The molecule has 1 amide bonds. The molecule has 1 aliphatic rings. The number of hydrogen-bond acceptors (Lipinski definition) is 6. The van der Waals surface area contributed by atoms with Gasteiger partial charge in [0.2, 0.25) is 0 Å². The smallest absolute Gasteiger partial charge is 0.326 e. The highest BCUT2D eigenvalue weighted by atomic mass is 35.5. The Hall–Kier alpha value is -4.43. The second-order valence-corrected chi connectivity index (χ2v) is 11.2. The quantitative estimate of drug-likeness (QED) is 0.262. The van der Waals surface area contributed by atoms with Crippen molar-refractivity contribution in [2.24, 2.45) is 0 Å². The highest BCUT2D eigenvalue weighted by Crippen LogP contribution is 2.31. The van der Waals surface area contributed by atoms with Gasteiger partial charge in [-0.2, -0.15) is 0 Å². The Labute approximate surface area is 251 Å². The van der Waals surface area contributed by atoms with Gasteiger partial charge in [-0.05, 0) is 66.3 Å². The van der Waals surface area contributed by atoms with E-state index in [9.17, 15) is 14.7 Å². The maximum absolute atomic E-state index is 13.5. The highest BCUT2D eigenvalue weighted by molar-refractivity contribution is 6.30. The van der Waals surface area contributed by atoms with Crippen molar-refractivity contribution in [2.75, 3.05) is 37.0 Å². The number of anilines is 2. The third-order valence-electron chi connectivity index (χ3n) is 7.63. The maximum Gasteiger partial charge on any atom is 0.326 e. The summed E-state index contributed by atoms with van der Waals surface area (Å²) in [4.78, 5) is 39.2. The number of amides is 1. The molecule has 5 rings (SSSR count). The monoisotopic (exact) mass is 583 g/mol. The number of carboxylic acids is 1. The predicted octanol–water partition coefficient (Wildman–Crippen LogP) is 5.67. The number of nitrogens with one attached hydrogen (secondary N) is 1. The van der Waals surface area contributed by atoms with Crippen molar-refractivity contribution in [2.45, 2.75) is 31.2 Å². The summed E-state index contributed by atoms with van der Waals surface area (Å²) in [6.45, 7) is 1.57. The lowest BCUT2D eigenvalue weighted by Gasteiger charge is -2.33. The SMILES string of the molecule is CN(C)c1ccc(-c2nc(C(=O)N[C@H](Cc3ccc(Cl)cc3)C(=O)O)cc(N3CCC(c4ccccc4)CC3)n2)cc1. The summed E-state index contributed by atoms with van der Waals surface area (Å²) in [6.07, 6.45) is 2.04. The van der Waals surface area contributed by atoms with Gasteiger partial charge in [0.15, 0.2) is 5.82 Å². The van der Waals surface area contributed by atoms with E-state index in [0.29, 0.717) is 22.6 Å². The van der Waals surface area contributed by atoms with Crippen LogP contribution in [0.15, 0.2) is 84.9 Å². The Morgan fingerprint density at radius 1 is 0.976 bits per heavy atom. The van der Waals surface area contributed by atoms with Gasteiger partial charge in [0, 0.05) is 55.9 Å². The van der Waals surface area contributed by atoms with Crippen LogP contribution < -0.4 is 15.1 Å². The number of nitrogens with zero attached hydrogens (tertiary/aromatic N) is 4. The summed E-state index contributed by atoms with van der Waals surface area (Å²) in [5, 5.41) is 13.1. The first kappa shape index (κ1) is 29.1. The van der Waals surface area contributed by atoms with Crippen molar-refractivity contribution < 1.29 is 14.7 Å². The molecule has 1 saturated heterocycles. The maximum atomic E-state index is 13.5. The van der Waals surface area contributed by atoms with E-state index in [4.69, 9.17) is 16.6 Å². The minimum atomic E-state index is -1.14. The number of aliphatic carboxylic acids is 1. The fourth-order valence-corrected chi connectivity index (χ4v) is 5.33. The van der Waals surface area contributed by atoms with Gasteiger partial charge in [-0.1, -0.05) is 54.1 Å². The molecule has 0 bridgehead atoms.